The van der Waals surface area contributed by atoms with E-state index in [4.69, 9.17) is 0 Å². The van der Waals surface area contributed by atoms with Crippen LogP contribution in [0.15, 0.2) is 0 Å². The predicted molar refractivity (Wildman–Crippen MR) is 45.3 cm³/mol. The van der Waals surface area contributed by atoms with Crippen LogP contribution in [0, 0.1) is 0 Å². The Hall–Kier alpha value is 0.550. The zero-order valence-electron chi connectivity index (χ0n) is 4.77. The molecule has 0 rings (SSSR count). The molecule has 0 fully saturated rings. The number of nitrogens with one attached hydrogen (secondary N) is 1. The third-order valence-electron chi connectivity index (χ3n) is 0.420. The molecule has 0 radical (unpaired) electrons. The second kappa shape index (κ2) is 4.43. The fourth-order valence-electron chi connectivity index (χ4n) is 0.236. The lowest BCUT2D eigenvalue weighted by atomic mass is 10.6. The van der Waals surface area contributed by atoms with Crippen molar-refractivity contribution < 1.29 is 4.79 Å². The SMILES string of the molecule is CC(C)SC(=O)NI. The largest absolute Gasteiger partial charge is 0.289 e. The summed E-state index contributed by atoms with van der Waals surface area (Å²) >= 11 is 3.12. The van der Waals surface area contributed by atoms with E-state index in [0.717, 1.165) is 0 Å². The summed E-state index contributed by atoms with van der Waals surface area (Å²) in [6.07, 6.45) is 0. The van der Waals surface area contributed by atoms with Crippen molar-refractivity contribution in [3.63, 3.8) is 0 Å². The minimum atomic E-state index is 0.0283. The molecule has 0 heterocycles. The van der Waals surface area contributed by atoms with Gasteiger partial charge in [0.1, 0.15) is 0 Å². The van der Waals surface area contributed by atoms with Gasteiger partial charge in [0, 0.05) is 5.25 Å². The Bertz CT molecular complexity index is 86.1. The third kappa shape index (κ3) is 4.70. The Kier molecular flexibility index (Phi) is 4.74. The van der Waals surface area contributed by atoms with Crippen LogP contribution in [0.5, 0.6) is 0 Å². The molecule has 0 atom stereocenters. The second-order valence-corrected chi connectivity index (χ2v) is 3.64. The van der Waals surface area contributed by atoms with Crippen molar-refractivity contribution in [2.75, 3.05) is 0 Å². The first-order chi connectivity index (χ1) is 3.66. The van der Waals surface area contributed by atoms with E-state index < -0.39 is 0 Å². The average Bonchev–Trinajstić information content (AvgIpc) is 1.65. The number of rotatable bonds is 1. The van der Waals surface area contributed by atoms with Gasteiger partial charge in [0.2, 0.25) is 0 Å². The maximum atomic E-state index is 10.5. The molecule has 0 saturated heterocycles. The number of thioether (sulfide) groups is 1. The highest BCUT2D eigenvalue weighted by molar-refractivity contribution is 14.1. The van der Waals surface area contributed by atoms with Crippen molar-refractivity contribution in [1.82, 2.24) is 3.53 Å². The Balaban J connectivity index is 3.25. The quantitative estimate of drug-likeness (QED) is 0.566. The first kappa shape index (κ1) is 8.55. The van der Waals surface area contributed by atoms with Gasteiger partial charge >= 0.3 is 0 Å². The topological polar surface area (TPSA) is 29.1 Å². The minimum Gasteiger partial charge on any atom is -0.289 e. The maximum absolute atomic E-state index is 10.5. The molecule has 0 aromatic heterocycles. The van der Waals surface area contributed by atoms with Crippen molar-refractivity contribution in [3.8, 4) is 0 Å². The lowest BCUT2D eigenvalue weighted by Crippen LogP contribution is -2.06. The van der Waals surface area contributed by atoms with Crippen molar-refractivity contribution in [3.05, 3.63) is 0 Å². The molecule has 0 aromatic rings. The summed E-state index contributed by atoms with van der Waals surface area (Å²) in [7, 11) is 0. The highest BCUT2D eigenvalue weighted by Crippen LogP contribution is 2.09. The molecular weight excluding hydrogens is 237 g/mol. The molecule has 1 N–H and O–H groups in total. The van der Waals surface area contributed by atoms with Crippen LogP contribution < -0.4 is 3.53 Å². The van der Waals surface area contributed by atoms with Crippen LogP contribution in [-0.2, 0) is 0 Å². The normalized spacial score (nSPS) is 9.50. The van der Waals surface area contributed by atoms with Gasteiger partial charge in [-0.1, -0.05) is 25.6 Å². The molecular formula is C4H8INOS. The summed E-state index contributed by atoms with van der Waals surface area (Å²) in [5.74, 6) is 0. The zero-order chi connectivity index (χ0) is 6.57. The van der Waals surface area contributed by atoms with Gasteiger partial charge in [-0.2, -0.15) is 0 Å². The lowest BCUT2D eigenvalue weighted by Gasteiger charge is -1.98. The van der Waals surface area contributed by atoms with Crippen LogP contribution >= 0.6 is 34.6 Å². The Morgan fingerprint density at radius 2 is 2.25 bits per heavy atom. The molecule has 1 amide bonds. The van der Waals surface area contributed by atoms with E-state index in [-0.39, 0.29) is 5.24 Å². The monoisotopic (exact) mass is 245 g/mol. The van der Waals surface area contributed by atoms with Crippen LogP contribution in [0.3, 0.4) is 0 Å². The maximum Gasteiger partial charge on any atom is 0.287 e. The van der Waals surface area contributed by atoms with Crippen LogP contribution in [-0.4, -0.2) is 10.5 Å². The fourth-order valence-corrected chi connectivity index (χ4v) is 1.09. The molecule has 0 unspecified atom stereocenters. The highest BCUT2D eigenvalue weighted by atomic mass is 127. The molecule has 0 aliphatic heterocycles. The van der Waals surface area contributed by atoms with Crippen molar-refractivity contribution in [2.24, 2.45) is 0 Å². The van der Waals surface area contributed by atoms with E-state index in [0.29, 0.717) is 5.25 Å². The van der Waals surface area contributed by atoms with Crippen molar-refractivity contribution >= 4 is 39.9 Å². The Morgan fingerprint density at radius 1 is 1.75 bits per heavy atom. The smallest absolute Gasteiger partial charge is 0.287 e. The number of carbonyl (C=O) groups is 1. The summed E-state index contributed by atoms with van der Waals surface area (Å²) in [6, 6.07) is 0. The fraction of sp³-hybridized carbons (Fsp3) is 0.750. The van der Waals surface area contributed by atoms with Crippen LogP contribution in [0.2, 0.25) is 0 Å². The van der Waals surface area contributed by atoms with Crippen LogP contribution in [0.1, 0.15) is 13.8 Å². The molecule has 0 aromatic carbocycles. The molecule has 0 bridgehead atoms. The van der Waals surface area contributed by atoms with Gasteiger partial charge in [0.05, 0.1) is 22.9 Å². The Morgan fingerprint density at radius 3 is 2.38 bits per heavy atom. The summed E-state index contributed by atoms with van der Waals surface area (Å²) in [6.45, 7) is 3.97. The standard InChI is InChI=1S/C4H8INOS/c1-3(2)8-4(7)6-5/h3H,1-2H3,(H,6,7). The number of carbonyl (C=O) groups excluding carboxylic acids is 1. The minimum absolute atomic E-state index is 0.0283. The van der Waals surface area contributed by atoms with E-state index in [1.54, 1.807) is 0 Å². The van der Waals surface area contributed by atoms with Gasteiger partial charge in [-0.3, -0.25) is 8.32 Å². The van der Waals surface area contributed by atoms with Gasteiger partial charge in [-0.15, -0.1) is 0 Å². The summed E-state index contributed by atoms with van der Waals surface area (Å²) < 4.78 is 2.49. The number of amides is 1. The van der Waals surface area contributed by atoms with Gasteiger partial charge in [0.25, 0.3) is 5.24 Å². The molecule has 0 aliphatic carbocycles. The predicted octanol–water partition coefficient (Wildman–Crippen LogP) is 2.19. The first-order valence-electron chi connectivity index (χ1n) is 2.24. The molecule has 4 heteroatoms. The molecule has 48 valence electrons. The molecule has 0 aliphatic rings. The molecule has 8 heavy (non-hydrogen) atoms. The summed E-state index contributed by atoms with van der Waals surface area (Å²) in [5, 5.41) is 0.408. The average molecular weight is 245 g/mol. The molecule has 0 spiro atoms. The van der Waals surface area contributed by atoms with E-state index in [1.165, 1.54) is 11.8 Å². The van der Waals surface area contributed by atoms with Crippen molar-refractivity contribution in [2.45, 2.75) is 19.1 Å². The number of hydrogen-bond acceptors (Lipinski definition) is 2. The van der Waals surface area contributed by atoms with Gasteiger partial charge in [-0.25, -0.2) is 0 Å². The second-order valence-electron chi connectivity index (χ2n) is 1.55. The van der Waals surface area contributed by atoms with Gasteiger partial charge in [0.15, 0.2) is 0 Å². The van der Waals surface area contributed by atoms with Crippen molar-refractivity contribution in [1.29, 1.82) is 0 Å². The molecule has 0 saturated carbocycles. The number of hydrogen-bond donors (Lipinski definition) is 1. The summed E-state index contributed by atoms with van der Waals surface area (Å²) in [5.41, 5.74) is 0. The lowest BCUT2D eigenvalue weighted by molar-refractivity contribution is 0.266. The van der Waals surface area contributed by atoms with E-state index in [9.17, 15) is 4.79 Å². The highest BCUT2D eigenvalue weighted by Gasteiger charge is 2.00. The molecule has 2 nitrogen and oxygen atoms in total. The number of halogens is 1. The first-order valence-corrected chi connectivity index (χ1v) is 4.20. The van der Waals surface area contributed by atoms with E-state index >= 15 is 0 Å². The van der Waals surface area contributed by atoms with Crippen LogP contribution in [0.25, 0.3) is 0 Å². The van der Waals surface area contributed by atoms with Gasteiger partial charge < -0.3 is 0 Å². The van der Waals surface area contributed by atoms with Gasteiger partial charge in [-0.05, 0) is 0 Å². The Labute approximate surface area is 67.3 Å². The van der Waals surface area contributed by atoms with Crippen LogP contribution in [0.4, 0.5) is 4.79 Å². The summed E-state index contributed by atoms with van der Waals surface area (Å²) in [4.78, 5) is 10.5. The van der Waals surface area contributed by atoms with E-state index in [1.807, 2.05) is 36.7 Å². The third-order valence-corrected chi connectivity index (χ3v) is 2.06. The zero-order valence-corrected chi connectivity index (χ0v) is 7.75. The van der Waals surface area contributed by atoms with E-state index in [2.05, 4.69) is 3.53 Å².